The molecular formula is C14H8Cl2O3. The van der Waals surface area contributed by atoms with E-state index < -0.39 is 11.2 Å². The minimum atomic E-state index is -0.681. The van der Waals surface area contributed by atoms with Crippen LogP contribution < -0.4 is 4.74 Å². The molecule has 0 bridgehead atoms. The van der Waals surface area contributed by atoms with E-state index in [1.807, 2.05) is 0 Å². The molecule has 0 radical (unpaired) electrons. The summed E-state index contributed by atoms with van der Waals surface area (Å²) in [7, 11) is 0. The van der Waals surface area contributed by atoms with E-state index in [-0.39, 0.29) is 11.3 Å². The second-order valence-corrected chi connectivity index (χ2v) is 4.45. The summed E-state index contributed by atoms with van der Waals surface area (Å²) >= 11 is 11.1. The highest BCUT2D eigenvalue weighted by Crippen LogP contribution is 2.21. The summed E-state index contributed by atoms with van der Waals surface area (Å²) in [6.07, 6.45) is 0. The van der Waals surface area contributed by atoms with Gasteiger partial charge in [-0.3, -0.25) is 4.79 Å². The molecule has 96 valence electrons. The average Bonchev–Trinajstić information content (AvgIpc) is 2.39. The third-order valence-electron chi connectivity index (χ3n) is 2.38. The molecule has 0 atom stereocenters. The third-order valence-corrected chi connectivity index (χ3v) is 2.84. The van der Waals surface area contributed by atoms with Crippen LogP contribution in [0.4, 0.5) is 0 Å². The Labute approximate surface area is 119 Å². The molecule has 0 N–H and O–H groups in total. The van der Waals surface area contributed by atoms with Crippen LogP contribution in [-0.2, 0) is 0 Å². The highest BCUT2D eigenvalue weighted by molar-refractivity contribution is 6.68. The van der Waals surface area contributed by atoms with Gasteiger partial charge in [0.1, 0.15) is 5.75 Å². The lowest BCUT2D eigenvalue weighted by atomic mass is 10.2. The number of hydrogen-bond acceptors (Lipinski definition) is 3. The number of carbonyl (C=O) groups excluding carboxylic acids is 2. The molecule has 0 aliphatic rings. The maximum absolute atomic E-state index is 11.9. The fourth-order valence-corrected chi connectivity index (χ4v) is 1.74. The zero-order valence-electron chi connectivity index (χ0n) is 9.60. The van der Waals surface area contributed by atoms with Crippen molar-refractivity contribution in [2.24, 2.45) is 0 Å². The Morgan fingerprint density at radius 1 is 0.947 bits per heavy atom. The van der Waals surface area contributed by atoms with Gasteiger partial charge in [0.25, 0.3) is 5.24 Å². The molecule has 0 aliphatic carbocycles. The molecule has 0 unspecified atom stereocenters. The Morgan fingerprint density at radius 2 is 1.58 bits per heavy atom. The van der Waals surface area contributed by atoms with E-state index in [9.17, 15) is 9.59 Å². The minimum absolute atomic E-state index is 0.127. The molecule has 3 nitrogen and oxygen atoms in total. The van der Waals surface area contributed by atoms with E-state index in [0.29, 0.717) is 10.6 Å². The number of rotatable bonds is 3. The quantitative estimate of drug-likeness (QED) is 0.489. The number of ether oxygens (including phenoxy) is 1. The molecule has 0 aromatic heterocycles. The Hall–Kier alpha value is -1.84. The van der Waals surface area contributed by atoms with Crippen molar-refractivity contribution in [2.45, 2.75) is 0 Å². The lowest BCUT2D eigenvalue weighted by Gasteiger charge is -2.07. The van der Waals surface area contributed by atoms with Crippen molar-refractivity contribution >= 4 is 34.4 Å². The van der Waals surface area contributed by atoms with Crippen molar-refractivity contribution in [1.82, 2.24) is 0 Å². The van der Waals surface area contributed by atoms with Gasteiger partial charge in [0.05, 0.1) is 11.1 Å². The molecule has 0 amide bonds. The van der Waals surface area contributed by atoms with Crippen LogP contribution >= 0.6 is 23.2 Å². The van der Waals surface area contributed by atoms with Crippen LogP contribution in [0, 0.1) is 0 Å². The van der Waals surface area contributed by atoms with Crippen LogP contribution in [0.1, 0.15) is 20.7 Å². The standard InChI is InChI=1S/C14H8Cl2O3/c15-10-7-5-9(6-8-10)14(18)19-12-4-2-1-3-11(12)13(16)17/h1-8H. The first-order valence-corrected chi connectivity index (χ1v) is 6.10. The first-order chi connectivity index (χ1) is 9.08. The minimum Gasteiger partial charge on any atom is -0.422 e. The first kappa shape index (κ1) is 13.6. The largest absolute Gasteiger partial charge is 0.422 e. The zero-order valence-corrected chi connectivity index (χ0v) is 11.1. The van der Waals surface area contributed by atoms with Crippen molar-refractivity contribution in [3.8, 4) is 5.75 Å². The van der Waals surface area contributed by atoms with Gasteiger partial charge in [-0.05, 0) is 48.0 Å². The number of halogens is 2. The van der Waals surface area contributed by atoms with Crippen LogP contribution in [0.15, 0.2) is 48.5 Å². The van der Waals surface area contributed by atoms with Gasteiger partial charge < -0.3 is 4.74 Å². The molecule has 2 aromatic carbocycles. The molecule has 0 fully saturated rings. The van der Waals surface area contributed by atoms with Crippen LogP contribution in [0.5, 0.6) is 5.75 Å². The number of para-hydroxylation sites is 1. The molecular weight excluding hydrogens is 287 g/mol. The van der Waals surface area contributed by atoms with Crippen molar-refractivity contribution in [3.63, 3.8) is 0 Å². The molecule has 0 spiro atoms. The summed E-state index contributed by atoms with van der Waals surface area (Å²) in [6.45, 7) is 0. The average molecular weight is 295 g/mol. The summed E-state index contributed by atoms with van der Waals surface area (Å²) in [5.74, 6) is -0.454. The monoisotopic (exact) mass is 294 g/mol. The molecule has 0 saturated heterocycles. The van der Waals surface area contributed by atoms with E-state index in [2.05, 4.69) is 0 Å². The second-order valence-electron chi connectivity index (χ2n) is 3.67. The summed E-state index contributed by atoms with van der Waals surface area (Å²) < 4.78 is 5.15. The number of esters is 1. The van der Waals surface area contributed by atoms with E-state index in [1.54, 1.807) is 24.3 Å². The maximum Gasteiger partial charge on any atom is 0.343 e. The van der Waals surface area contributed by atoms with Crippen molar-refractivity contribution < 1.29 is 14.3 Å². The number of carbonyl (C=O) groups is 2. The molecule has 19 heavy (non-hydrogen) atoms. The lowest BCUT2D eigenvalue weighted by molar-refractivity contribution is 0.0733. The Kier molecular flexibility index (Phi) is 4.20. The molecule has 0 aliphatic heterocycles. The molecule has 2 aromatic rings. The smallest absolute Gasteiger partial charge is 0.343 e. The van der Waals surface area contributed by atoms with Crippen molar-refractivity contribution in [3.05, 3.63) is 64.7 Å². The predicted octanol–water partition coefficient (Wildman–Crippen LogP) is 3.94. The predicted molar refractivity (Wildman–Crippen MR) is 73.0 cm³/mol. The summed E-state index contributed by atoms with van der Waals surface area (Å²) in [5, 5.41) is -0.160. The normalized spacial score (nSPS) is 10.0. The van der Waals surface area contributed by atoms with Gasteiger partial charge in [0.2, 0.25) is 0 Å². The van der Waals surface area contributed by atoms with Gasteiger partial charge in [-0.1, -0.05) is 23.7 Å². The van der Waals surface area contributed by atoms with Crippen molar-refractivity contribution in [1.29, 1.82) is 0 Å². The Morgan fingerprint density at radius 3 is 2.21 bits per heavy atom. The number of benzene rings is 2. The summed E-state index contributed by atoms with van der Waals surface area (Å²) in [6, 6.07) is 12.5. The maximum atomic E-state index is 11.9. The summed E-state index contributed by atoms with van der Waals surface area (Å²) in [4.78, 5) is 23.1. The van der Waals surface area contributed by atoms with E-state index in [1.165, 1.54) is 24.3 Å². The zero-order chi connectivity index (χ0) is 13.8. The van der Waals surface area contributed by atoms with E-state index in [4.69, 9.17) is 27.9 Å². The highest BCUT2D eigenvalue weighted by atomic mass is 35.5. The Balaban J connectivity index is 2.24. The fourth-order valence-electron chi connectivity index (χ4n) is 1.46. The van der Waals surface area contributed by atoms with Crippen molar-refractivity contribution in [2.75, 3.05) is 0 Å². The van der Waals surface area contributed by atoms with Crippen LogP contribution in [0.2, 0.25) is 5.02 Å². The van der Waals surface area contributed by atoms with Gasteiger partial charge in [0, 0.05) is 5.02 Å². The van der Waals surface area contributed by atoms with Gasteiger partial charge >= 0.3 is 5.97 Å². The molecule has 2 rings (SSSR count). The second kappa shape index (κ2) is 5.87. The van der Waals surface area contributed by atoms with E-state index in [0.717, 1.165) is 0 Å². The van der Waals surface area contributed by atoms with Gasteiger partial charge in [-0.25, -0.2) is 4.79 Å². The van der Waals surface area contributed by atoms with Crippen LogP contribution in [0.3, 0.4) is 0 Å². The highest BCUT2D eigenvalue weighted by Gasteiger charge is 2.14. The summed E-state index contributed by atoms with van der Waals surface area (Å²) in [5.41, 5.74) is 0.479. The third kappa shape index (κ3) is 3.34. The van der Waals surface area contributed by atoms with Crippen LogP contribution in [-0.4, -0.2) is 11.2 Å². The topological polar surface area (TPSA) is 43.4 Å². The fraction of sp³-hybridized carbons (Fsp3) is 0. The van der Waals surface area contributed by atoms with E-state index >= 15 is 0 Å². The Bertz CT molecular complexity index is 621. The SMILES string of the molecule is O=C(Oc1ccccc1C(=O)Cl)c1ccc(Cl)cc1. The molecule has 0 saturated carbocycles. The first-order valence-electron chi connectivity index (χ1n) is 5.34. The van der Waals surface area contributed by atoms with Gasteiger partial charge in [-0.2, -0.15) is 0 Å². The van der Waals surface area contributed by atoms with Crippen LogP contribution in [0.25, 0.3) is 0 Å². The lowest BCUT2D eigenvalue weighted by Crippen LogP contribution is -2.10. The van der Waals surface area contributed by atoms with Gasteiger partial charge in [0.15, 0.2) is 0 Å². The van der Waals surface area contributed by atoms with Gasteiger partial charge in [-0.15, -0.1) is 0 Å². The molecule has 0 heterocycles. The number of hydrogen-bond donors (Lipinski definition) is 0. The molecule has 5 heteroatoms.